The minimum Gasteiger partial charge on any atom is -0.440 e. The molecule has 0 aliphatic rings. The third kappa shape index (κ3) is 2.84. The van der Waals surface area contributed by atoms with Gasteiger partial charge in [0.1, 0.15) is 5.82 Å². The maximum atomic E-state index is 12.9. The second kappa shape index (κ2) is 5.14. The number of hydrogen-bond acceptors (Lipinski definition) is 5. The predicted molar refractivity (Wildman–Crippen MR) is 60.3 cm³/mol. The van der Waals surface area contributed by atoms with E-state index in [1.54, 1.807) is 6.92 Å². The van der Waals surface area contributed by atoms with Gasteiger partial charge in [-0.2, -0.15) is 4.98 Å². The first kappa shape index (κ1) is 12.5. The van der Waals surface area contributed by atoms with Crippen molar-refractivity contribution in [2.24, 2.45) is 0 Å². The summed E-state index contributed by atoms with van der Waals surface area (Å²) < 4.78 is 22.6. The molecule has 0 aliphatic carbocycles. The summed E-state index contributed by atoms with van der Waals surface area (Å²) in [5.74, 6) is -0.545. The van der Waals surface area contributed by atoms with E-state index in [1.165, 1.54) is 12.1 Å². The predicted octanol–water partition coefficient (Wildman–Crippen LogP) is 2.43. The lowest BCUT2D eigenvalue weighted by atomic mass is 10.1. The van der Waals surface area contributed by atoms with Crippen LogP contribution in [0.5, 0.6) is 6.08 Å². The van der Waals surface area contributed by atoms with Crippen LogP contribution in [0.4, 0.5) is 4.39 Å². The summed E-state index contributed by atoms with van der Waals surface area (Å²) >= 11 is 5.57. The molecule has 18 heavy (non-hydrogen) atoms. The molecule has 0 spiro atoms. The molecule has 0 fully saturated rings. The Morgan fingerprint density at radius 3 is 2.94 bits per heavy atom. The summed E-state index contributed by atoms with van der Waals surface area (Å²) in [5.41, 5.74) is 0.248. The SMILES string of the molecule is Cc1noc(OCC(=O)c2ccc(F)c(Cl)c2)n1. The molecule has 0 unspecified atom stereocenters. The lowest BCUT2D eigenvalue weighted by Gasteiger charge is -2.02. The van der Waals surface area contributed by atoms with Gasteiger partial charge in [-0.1, -0.05) is 16.8 Å². The van der Waals surface area contributed by atoms with Crippen LogP contribution < -0.4 is 4.74 Å². The molecule has 0 radical (unpaired) electrons. The minimum absolute atomic E-state index is 0.0888. The molecule has 0 saturated heterocycles. The molecule has 0 aliphatic heterocycles. The van der Waals surface area contributed by atoms with Gasteiger partial charge >= 0.3 is 6.08 Å². The Labute approximate surface area is 107 Å². The first-order valence-corrected chi connectivity index (χ1v) is 5.35. The van der Waals surface area contributed by atoms with E-state index >= 15 is 0 Å². The largest absolute Gasteiger partial charge is 0.440 e. The maximum Gasteiger partial charge on any atom is 0.417 e. The van der Waals surface area contributed by atoms with E-state index in [4.69, 9.17) is 16.3 Å². The average molecular weight is 271 g/mol. The normalized spacial score (nSPS) is 10.4. The fourth-order valence-electron chi connectivity index (χ4n) is 1.22. The van der Waals surface area contributed by atoms with E-state index in [-0.39, 0.29) is 29.1 Å². The zero-order chi connectivity index (χ0) is 13.1. The van der Waals surface area contributed by atoms with Crippen molar-refractivity contribution in [1.82, 2.24) is 10.1 Å². The Morgan fingerprint density at radius 2 is 2.33 bits per heavy atom. The fraction of sp³-hybridized carbons (Fsp3) is 0.182. The monoisotopic (exact) mass is 270 g/mol. The quantitative estimate of drug-likeness (QED) is 0.798. The molecule has 1 aromatic carbocycles. The highest BCUT2D eigenvalue weighted by molar-refractivity contribution is 6.31. The van der Waals surface area contributed by atoms with E-state index in [1.807, 2.05) is 0 Å². The van der Waals surface area contributed by atoms with Gasteiger partial charge in [0.05, 0.1) is 5.02 Å². The van der Waals surface area contributed by atoms with E-state index in [2.05, 4.69) is 14.7 Å². The van der Waals surface area contributed by atoms with E-state index < -0.39 is 5.82 Å². The summed E-state index contributed by atoms with van der Waals surface area (Å²) in [4.78, 5) is 15.5. The number of aryl methyl sites for hydroxylation is 1. The molecule has 0 bridgehead atoms. The van der Waals surface area contributed by atoms with Crippen molar-refractivity contribution in [1.29, 1.82) is 0 Å². The zero-order valence-corrected chi connectivity index (χ0v) is 10.1. The van der Waals surface area contributed by atoms with E-state index in [9.17, 15) is 9.18 Å². The molecule has 1 aromatic heterocycles. The number of ether oxygens (including phenoxy) is 1. The van der Waals surface area contributed by atoms with Crippen LogP contribution in [-0.4, -0.2) is 22.5 Å². The first-order valence-electron chi connectivity index (χ1n) is 4.97. The van der Waals surface area contributed by atoms with Gasteiger partial charge in [0.25, 0.3) is 0 Å². The number of halogens is 2. The molecular formula is C11H8ClFN2O3. The zero-order valence-electron chi connectivity index (χ0n) is 9.31. The molecule has 2 aromatic rings. The number of carbonyl (C=O) groups is 1. The summed E-state index contributed by atoms with van der Waals surface area (Å²) in [7, 11) is 0. The number of rotatable bonds is 4. The van der Waals surface area contributed by atoms with Crippen LogP contribution in [0.15, 0.2) is 22.7 Å². The van der Waals surface area contributed by atoms with Crippen molar-refractivity contribution in [2.45, 2.75) is 6.92 Å². The smallest absolute Gasteiger partial charge is 0.417 e. The number of aromatic nitrogens is 2. The van der Waals surface area contributed by atoms with Gasteiger partial charge in [-0.25, -0.2) is 4.39 Å². The topological polar surface area (TPSA) is 65.2 Å². The lowest BCUT2D eigenvalue weighted by Crippen LogP contribution is -2.11. The molecule has 1 heterocycles. The fourth-order valence-corrected chi connectivity index (χ4v) is 1.40. The summed E-state index contributed by atoms with van der Waals surface area (Å²) in [6, 6.07) is 3.68. The van der Waals surface area contributed by atoms with Crippen LogP contribution in [0.1, 0.15) is 16.2 Å². The maximum absolute atomic E-state index is 12.9. The van der Waals surface area contributed by atoms with Crippen LogP contribution in [0.2, 0.25) is 5.02 Å². The number of nitrogens with zero attached hydrogens (tertiary/aromatic N) is 2. The van der Waals surface area contributed by atoms with Gasteiger partial charge in [-0.05, 0) is 25.1 Å². The number of benzene rings is 1. The summed E-state index contributed by atoms with van der Waals surface area (Å²) in [6.07, 6.45) is -0.0888. The molecule has 2 rings (SSSR count). The van der Waals surface area contributed by atoms with Crippen molar-refractivity contribution in [2.75, 3.05) is 6.61 Å². The second-order valence-electron chi connectivity index (χ2n) is 3.45. The first-order chi connectivity index (χ1) is 8.56. The molecule has 94 valence electrons. The average Bonchev–Trinajstić information content (AvgIpc) is 2.75. The minimum atomic E-state index is -0.582. The Kier molecular flexibility index (Phi) is 3.57. The highest BCUT2D eigenvalue weighted by Gasteiger charge is 2.11. The van der Waals surface area contributed by atoms with Crippen molar-refractivity contribution in [3.8, 4) is 6.08 Å². The lowest BCUT2D eigenvalue weighted by molar-refractivity contribution is 0.0884. The van der Waals surface area contributed by atoms with Gasteiger partial charge in [0, 0.05) is 5.56 Å². The van der Waals surface area contributed by atoms with Gasteiger partial charge in [0.2, 0.25) is 0 Å². The van der Waals surface area contributed by atoms with Crippen molar-refractivity contribution >= 4 is 17.4 Å². The third-order valence-electron chi connectivity index (χ3n) is 2.08. The number of ketones is 1. The molecule has 0 N–H and O–H groups in total. The molecule has 5 nitrogen and oxygen atoms in total. The summed E-state index contributed by atoms with van der Waals surface area (Å²) in [6.45, 7) is 1.33. The highest BCUT2D eigenvalue weighted by Crippen LogP contribution is 2.16. The highest BCUT2D eigenvalue weighted by atomic mass is 35.5. The van der Waals surface area contributed by atoms with Crippen molar-refractivity contribution < 1.29 is 18.4 Å². The van der Waals surface area contributed by atoms with Crippen LogP contribution in [0.3, 0.4) is 0 Å². The van der Waals surface area contributed by atoms with Crippen LogP contribution in [-0.2, 0) is 0 Å². The molecule has 7 heteroatoms. The van der Waals surface area contributed by atoms with Crippen molar-refractivity contribution in [3.05, 3.63) is 40.4 Å². The molecule has 0 saturated carbocycles. The van der Waals surface area contributed by atoms with Crippen LogP contribution in [0, 0.1) is 12.7 Å². The van der Waals surface area contributed by atoms with Gasteiger partial charge < -0.3 is 4.74 Å². The Morgan fingerprint density at radius 1 is 1.56 bits per heavy atom. The number of hydrogen-bond donors (Lipinski definition) is 0. The van der Waals surface area contributed by atoms with Gasteiger partial charge in [-0.15, -0.1) is 0 Å². The van der Waals surface area contributed by atoms with E-state index in [0.29, 0.717) is 5.82 Å². The van der Waals surface area contributed by atoms with Gasteiger partial charge in [0.15, 0.2) is 18.2 Å². The standard InChI is InChI=1S/C11H8ClFN2O3/c1-6-14-11(18-15-6)17-5-10(16)7-2-3-9(13)8(12)4-7/h2-4H,5H2,1H3. The second-order valence-corrected chi connectivity index (χ2v) is 3.86. The third-order valence-corrected chi connectivity index (χ3v) is 2.37. The summed E-state index contributed by atoms with van der Waals surface area (Å²) in [5, 5.41) is 3.38. The number of carbonyl (C=O) groups excluding carboxylic acids is 1. The van der Waals surface area contributed by atoms with E-state index in [0.717, 1.165) is 6.07 Å². The number of Topliss-reactive ketones (excluding diaryl/α,β-unsaturated/α-hetero) is 1. The van der Waals surface area contributed by atoms with Gasteiger partial charge in [-0.3, -0.25) is 9.32 Å². The Balaban J connectivity index is 2.01. The molecule has 0 atom stereocenters. The Hall–Kier alpha value is -1.95. The Bertz CT molecular complexity index is 585. The van der Waals surface area contributed by atoms with Crippen molar-refractivity contribution in [3.63, 3.8) is 0 Å². The molecule has 0 amide bonds. The van der Waals surface area contributed by atoms with Crippen LogP contribution in [0.25, 0.3) is 0 Å². The molecular weight excluding hydrogens is 263 g/mol. The van der Waals surface area contributed by atoms with Crippen LogP contribution >= 0.6 is 11.6 Å².